The maximum Gasteiger partial charge on any atom is 0.407 e. The van der Waals surface area contributed by atoms with Crippen LogP contribution in [0.4, 0.5) is 4.79 Å². The van der Waals surface area contributed by atoms with Gasteiger partial charge in [0.05, 0.1) is 0 Å². The summed E-state index contributed by atoms with van der Waals surface area (Å²) in [6, 6.07) is 7.78. The first kappa shape index (κ1) is 19.8. The van der Waals surface area contributed by atoms with Crippen LogP contribution in [0, 0.1) is 5.92 Å². The Labute approximate surface area is 144 Å². The lowest BCUT2D eigenvalue weighted by Gasteiger charge is -2.27. The van der Waals surface area contributed by atoms with E-state index in [2.05, 4.69) is 24.5 Å². The Hall–Kier alpha value is -1.26. The molecule has 1 amide bonds. The van der Waals surface area contributed by atoms with Crippen molar-refractivity contribution in [2.75, 3.05) is 6.54 Å². The van der Waals surface area contributed by atoms with Gasteiger partial charge in [-0.05, 0) is 44.4 Å². The fraction of sp³-hybridized carbons (Fsp3) is 0.611. The van der Waals surface area contributed by atoms with Crippen molar-refractivity contribution in [3.63, 3.8) is 0 Å². The number of nitrogens with one attached hydrogen (secondary N) is 2. The van der Waals surface area contributed by atoms with E-state index in [0.717, 1.165) is 17.0 Å². The first-order chi connectivity index (χ1) is 10.7. The lowest BCUT2D eigenvalue weighted by molar-refractivity contribution is 0.0487. The minimum Gasteiger partial charge on any atom is -0.444 e. The second-order valence-corrected chi connectivity index (χ2v) is 7.34. The number of hydrogen-bond acceptors (Lipinski definition) is 3. The third kappa shape index (κ3) is 8.24. The van der Waals surface area contributed by atoms with Crippen molar-refractivity contribution in [3.05, 3.63) is 34.9 Å². The SMILES string of the molecule is CC[C@H](C)[C@@H](CNCc1cccc(Cl)c1)NC(=O)OC(C)(C)C. The zero-order valence-electron chi connectivity index (χ0n) is 14.8. The minimum absolute atomic E-state index is 0.0223. The average Bonchev–Trinajstić information content (AvgIpc) is 2.43. The van der Waals surface area contributed by atoms with Crippen LogP contribution >= 0.6 is 11.6 Å². The van der Waals surface area contributed by atoms with E-state index >= 15 is 0 Å². The zero-order chi connectivity index (χ0) is 17.5. The summed E-state index contributed by atoms with van der Waals surface area (Å²) in [4.78, 5) is 12.0. The molecule has 1 aromatic rings. The largest absolute Gasteiger partial charge is 0.444 e. The van der Waals surface area contributed by atoms with Gasteiger partial charge in [-0.3, -0.25) is 0 Å². The molecule has 0 unspecified atom stereocenters. The van der Waals surface area contributed by atoms with Crippen molar-refractivity contribution in [3.8, 4) is 0 Å². The van der Waals surface area contributed by atoms with E-state index in [1.807, 2.05) is 45.0 Å². The number of ether oxygens (including phenoxy) is 1. The first-order valence-electron chi connectivity index (χ1n) is 8.16. The molecule has 0 aliphatic heterocycles. The zero-order valence-corrected chi connectivity index (χ0v) is 15.5. The Morgan fingerprint density at radius 1 is 1.35 bits per heavy atom. The maximum atomic E-state index is 12.0. The van der Waals surface area contributed by atoms with E-state index in [4.69, 9.17) is 16.3 Å². The molecule has 0 radical (unpaired) electrons. The van der Waals surface area contributed by atoms with Gasteiger partial charge in [0.15, 0.2) is 0 Å². The standard InChI is InChI=1S/C18H29ClN2O2/c1-6-13(2)16(21-17(22)23-18(3,4)5)12-20-11-14-8-7-9-15(19)10-14/h7-10,13,16,20H,6,11-12H2,1-5H3,(H,21,22)/t13-,16+/m0/s1. The van der Waals surface area contributed by atoms with Gasteiger partial charge in [0.1, 0.15) is 5.60 Å². The number of amides is 1. The summed E-state index contributed by atoms with van der Waals surface area (Å²) < 4.78 is 5.35. The molecule has 0 aliphatic rings. The van der Waals surface area contributed by atoms with E-state index in [1.165, 1.54) is 0 Å². The first-order valence-corrected chi connectivity index (χ1v) is 8.53. The normalized spacial score (nSPS) is 14.2. The van der Waals surface area contributed by atoms with Gasteiger partial charge in [0, 0.05) is 24.2 Å². The molecular formula is C18H29ClN2O2. The summed E-state index contributed by atoms with van der Waals surface area (Å²) in [7, 11) is 0. The number of rotatable bonds is 7. The number of carbonyl (C=O) groups excluding carboxylic acids is 1. The second-order valence-electron chi connectivity index (χ2n) is 6.90. The lowest BCUT2D eigenvalue weighted by atomic mass is 9.99. The fourth-order valence-electron chi connectivity index (χ4n) is 2.16. The third-order valence-corrected chi connectivity index (χ3v) is 3.85. The van der Waals surface area contributed by atoms with Gasteiger partial charge in [-0.1, -0.05) is 44.0 Å². The van der Waals surface area contributed by atoms with E-state index in [1.54, 1.807) is 0 Å². The molecule has 0 aliphatic carbocycles. The van der Waals surface area contributed by atoms with Gasteiger partial charge in [-0.15, -0.1) is 0 Å². The molecular weight excluding hydrogens is 312 g/mol. The Bertz CT molecular complexity index is 500. The molecule has 0 spiro atoms. The number of benzene rings is 1. The molecule has 23 heavy (non-hydrogen) atoms. The minimum atomic E-state index is -0.488. The van der Waals surface area contributed by atoms with Crippen LogP contribution in [0.15, 0.2) is 24.3 Å². The van der Waals surface area contributed by atoms with Crippen LogP contribution in [-0.2, 0) is 11.3 Å². The van der Waals surface area contributed by atoms with Crippen molar-refractivity contribution >= 4 is 17.7 Å². The molecule has 2 N–H and O–H groups in total. The molecule has 4 nitrogen and oxygen atoms in total. The van der Waals surface area contributed by atoms with Crippen molar-refractivity contribution in [2.45, 2.75) is 59.2 Å². The lowest BCUT2D eigenvalue weighted by Crippen LogP contribution is -2.47. The molecule has 5 heteroatoms. The summed E-state index contributed by atoms with van der Waals surface area (Å²) in [5.74, 6) is 0.356. The molecule has 0 saturated heterocycles. The summed E-state index contributed by atoms with van der Waals surface area (Å²) in [6.07, 6.45) is 0.617. The number of halogens is 1. The summed E-state index contributed by atoms with van der Waals surface area (Å²) in [6.45, 7) is 11.2. The molecule has 0 aromatic heterocycles. The number of carbonyl (C=O) groups is 1. The Morgan fingerprint density at radius 3 is 2.61 bits per heavy atom. The Balaban J connectivity index is 2.53. The van der Waals surface area contributed by atoms with Gasteiger partial charge >= 0.3 is 6.09 Å². The average molecular weight is 341 g/mol. The third-order valence-electron chi connectivity index (χ3n) is 3.62. The van der Waals surface area contributed by atoms with E-state index in [0.29, 0.717) is 19.0 Å². The van der Waals surface area contributed by atoms with Crippen LogP contribution in [0.2, 0.25) is 5.02 Å². The smallest absolute Gasteiger partial charge is 0.407 e. The van der Waals surface area contributed by atoms with Crippen LogP contribution in [0.25, 0.3) is 0 Å². The van der Waals surface area contributed by atoms with Gasteiger partial charge in [-0.25, -0.2) is 4.79 Å². The predicted octanol–water partition coefficient (Wildman–Crippen LogP) is 4.37. The van der Waals surface area contributed by atoms with E-state index in [9.17, 15) is 4.79 Å². The van der Waals surface area contributed by atoms with Crippen molar-refractivity contribution in [1.82, 2.24) is 10.6 Å². The molecule has 130 valence electrons. The second kappa shape index (κ2) is 9.14. The molecule has 0 fully saturated rings. The van der Waals surface area contributed by atoms with Crippen LogP contribution in [-0.4, -0.2) is 24.3 Å². The summed E-state index contributed by atoms with van der Waals surface area (Å²) in [5.41, 5.74) is 0.635. The molecule has 0 heterocycles. The van der Waals surface area contributed by atoms with Crippen molar-refractivity contribution in [1.29, 1.82) is 0 Å². The number of alkyl carbamates (subject to hydrolysis) is 1. The highest BCUT2D eigenvalue weighted by atomic mass is 35.5. The summed E-state index contributed by atoms with van der Waals surface area (Å²) >= 11 is 5.99. The van der Waals surface area contributed by atoms with Gasteiger partial charge in [0.2, 0.25) is 0 Å². The molecule has 2 atom stereocenters. The quantitative estimate of drug-likeness (QED) is 0.775. The van der Waals surface area contributed by atoms with Gasteiger partial charge in [0.25, 0.3) is 0 Å². The van der Waals surface area contributed by atoms with E-state index < -0.39 is 5.60 Å². The van der Waals surface area contributed by atoms with Crippen LogP contribution < -0.4 is 10.6 Å². The fourth-order valence-corrected chi connectivity index (χ4v) is 2.37. The highest BCUT2D eigenvalue weighted by Gasteiger charge is 2.22. The monoisotopic (exact) mass is 340 g/mol. The molecule has 0 saturated carbocycles. The molecule has 0 bridgehead atoms. The maximum absolute atomic E-state index is 12.0. The highest BCUT2D eigenvalue weighted by Crippen LogP contribution is 2.12. The Kier molecular flexibility index (Phi) is 7.86. The highest BCUT2D eigenvalue weighted by molar-refractivity contribution is 6.30. The topological polar surface area (TPSA) is 50.4 Å². The summed E-state index contributed by atoms with van der Waals surface area (Å²) in [5, 5.41) is 7.09. The predicted molar refractivity (Wildman–Crippen MR) is 95.8 cm³/mol. The van der Waals surface area contributed by atoms with Crippen molar-refractivity contribution < 1.29 is 9.53 Å². The van der Waals surface area contributed by atoms with Crippen LogP contribution in [0.1, 0.15) is 46.6 Å². The van der Waals surface area contributed by atoms with Gasteiger partial charge in [-0.2, -0.15) is 0 Å². The van der Waals surface area contributed by atoms with Crippen LogP contribution in [0.3, 0.4) is 0 Å². The van der Waals surface area contributed by atoms with Gasteiger partial charge < -0.3 is 15.4 Å². The van der Waals surface area contributed by atoms with Crippen LogP contribution in [0.5, 0.6) is 0 Å². The molecule has 1 aromatic carbocycles. The number of hydrogen-bond donors (Lipinski definition) is 2. The van der Waals surface area contributed by atoms with Crippen molar-refractivity contribution in [2.24, 2.45) is 5.92 Å². The Morgan fingerprint density at radius 2 is 2.04 bits per heavy atom. The van der Waals surface area contributed by atoms with E-state index in [-0.39, 0.29) is 12.1 Å². The molecule has 1 rings (SSSR count).